The Balaban J connectivity index is 3.16. The summed E-state index contributed by atoms with van der Waals surface area (Å²) in [6, 6.07) is 1.10. The van der Waals surface area contributed by atoms with E-state index in [9.17, 15) is 10.1 Å². The predicted molar refractivity (Wildman–Crippen MR) is 42.6 cm³/mol. The van der Waals surface area contributed by atoms with E-state index in [-0.39, 0.29) is 23.0 Å². The topological polar surface area (TPSA) is 115 Å². The lowest BCUT2D eigenvalue weighted by atomic mass is 10.3. The monoisotopic (exact) mass is 185 g/mol. The van der Waals surface area contributed by atoms with Crippen LogP contribution in [0.1, 0.15) is 11.5 Å². The molecule has 0 fully saturated rings. The van der Waals surface area contributed by atoms with Crippen LogP contribution < -0.4 is 5.73 Å². The van der Waals surface area contributed by atoms with Crippen LogP contribution in [-0.2, 0) is 0 Å². The quantitative estimate of drug-likeness (QED) is 0.230. The van der Waals surface area contributed by atoms with Gasteiger partial charge in [0, 0.05) is 6.92 Å². The average molecular weight is 185 g/mol. The molecule has 0 aliphatic heterocycles. The number of nitrogens with two attached hydrogens (primary N) is 1. The summed E-state index contributed by atoms with van der Waals surface area (Å²) < 4.78 is 4.87. The fourth-order valence-corrected chi connectivity index (χ4v) is 0.829. The molecule has 0 bridgehead atoms. The van der Waals surface area contributed by atoms with E-state index in [1.807, 2.05) is 0 Å². The number of furan rings is 1. The lowest BCUT2D eigenvalue weighted by Gasteiger charge is -1.87. The van der Waals surface area contributed by atoms with Crippen LogP contribution in [0.5, 0.6) is 0 Å². The molecule has 1 aromatic heterocycles. The van der Waals surface area contributed by atoms with Crippen molar-refractivity contribution in [3.8, 4) is 0 Å². The molecule has 1 rings (SSSR count). The molecule has 70 valence electrons. The van der Waals surface area contributed by atoms with Gasteiger partial charge in [-0.3, -0.25) is 10.1 Å². The molecule has 1 aromatic rings. The molecule has 0 atom stereocenters. The zero-order valence-electron chi connectivity index (χ0n) is 6.72. The van der Waals surface area contributed by atoms with Gasteiger partial charge in [-0.1, -0.05) is 5.16 Å². The fraction of sp³-hybridized carbons (Fsp3) is 0.167. The first-order valence-electron chi connectivity index (χ1n) is 3.29. The van der Waals surface area contributed by atoms with E-state index in [1.165, 1.54) is 6.92 Å². The Morgan fingerprint density at radius 3 is 2.85 bits per heavy atom. The normalized spacial score (nSPS) is 11.6. The van der Waals surface area contributed by atoms with Crippen molar-refractivity contribution in [2.24, 2.45) is 10.9 Å². The summed E-state index contributed by atoms with van der Waals surface area (Å²) >= 11 is 0. The molecule has 1 heterocycles. The van der Waals surface area contributed by atoms with Gasteiger partial charge in [0.1, 0.15) is 0 Å². The van der Waals surface area contributed by atoms with Crippen LogP contribution in [0.25, 0.3) is 0 Å². The second-order valence-electron chi connectivity index (χ2n) is 2.29. The summed E-state index contributed by atoms with van der Waals surface area (Å²) in [4.78, 5) is 9.74. The number of aryl methyl sites for hydroxylation is 1. The van der Waals surface area contributed by atoms with Crippen LogP contribution in [-0.4, -0.2) is 16.0 Å². The number of rotatable bonds is 2. The van der Waals surface area contributed by atoms with Crippen molar-refractivity contribution < 1.29 is 14.5 Å². The third kappa shape index (κ3) is 1.58. The first-order valence-corrected chi connectivity index (χ1v) is 3.29. The second kappa shape index (κ2) is 3.13. The SMILES string of the molecule is Cc1oc(C(N)=NO)cc1[N+](=O)[O-]. The zero-order valence-corrected chi connectivity index (χ0v) is 6.72. The Kier molecular flexibility index (Phi) is 2.18. The molecule has 0 aliphatic carbocycles. The van der Waals surface area contributed by atoms with Crippen LogP contribution >= 0.6 is 0 Å². The number of nitro groups is 1. The van der Waals surface area contributed by atoms with Crippen LogP contribution in [0, 0.1) is 17.0 Å². The molecule has 0 aliphatic rings. The van der Waals surface area contributed by atoms with Crippen molar-refractivity contribution in [2.45, 2.75) is 6.92 Å². The largest absolute Gasteiger partial charge is 0.451 e. The predicted octanol–water partition coefficient (Wildman–Crippen LogP) is 0.591. The summed E-state index contributed by atoms with van der Waals surface area (Å²) in [5.41, 5.74) is 4.97. The van der Waals surface area contributed by atoms with Crippen molar-refractivity contribution in [2.75, 3.05) is 0 Å². The van der Waals surface area contributed by atoms with E-state index < -0.39 is 4.92 Å². The Morgan fingerprint density at radius 2 is 2.46 bits per heavy atom. The van der Waals surface area contributed by atoms with Gasteiger partial charge in [0.2, 0.25) is 5.84 Å². The summed E-state index contributed by atoms with van der Waals surface area (Å²) in [7, 11) is 0. The highest BCUT2D eigenvalue weighted by molar-refractivity contribution is 5.95. The van der Waals surface area contributed by atoms with Crippen molar-refractivity contribution in [1.82, 2.24) is 0 Å². The molecule has 0 saturated heterocycles. The minimum atomic E-state index is -0.604. The van der Waals surface area contributed by atoms with Crippen molar-refractivity contribution in [3.05, 3.63) is 27.7 Å². The van der Waals surface area contributed by atoms with E-state index in [0.717, 1.165) is 6.07 Å². The number of hydrogen-bond acceptors (Lipinski definition) is 5. The summed E-state index contributed by atoms with van der Waals surface area (Å²) in [5, 5.41) is 21.3. The third-order valence-electron chi connectivity index (χ3n) is 1.45. The number of amidine groups is 1. The fourth-order valence-electron chi connectivity index (χ4n) is 0.829. The minimum absolute atomic E-state index is 0.0216. The van der Waals surface area contributed by atoms with Crippen molar-refractivity contribution >= 4 is 11.5 Å². The van der Waals surface area contributed by atoms with Crippen LogP contribution in [0.2, 0.25) is 0 Å². The van der Waals surface area contributed by atoms with E-state index in [0.29, 0.717) is 0 Å². The molecule has 0 saturated carbocycles. The van der Waals surface area contributed by atoms with Crippen molar-refractivity contribution in [3.63, 3.8) is 0 Å². The van der Waals surface area contributed by atoms with Gasteiger partial charge in [0.25, 0.3) is 0 Å². The van der Waals surface area contributed by atoms with Gasteiger partial charge in [-0.15, -0.1) is 0 Å². The zero-order chi connectivity index (χ0) is 10.0. The molecule has 0 amide bonds. The van der Waals surface area contributed by atoms with E-state index >= 15 is 0 Å². The number of oxime groups is 1. The van der Waals surface area contributed by atoms with Gasteiger partial charge in [-0.2, -0.15) is 0 Å². The van der Waals surface area contributed by atoms with Crippen LogP contribution in [0.4, 0.5) is 5.69 Å². The smallest absolute Gasteiger partial charge is 0.310 e. The Bertz CT molecular complexity index is 368. The van der Waals surface area contributed by atoms with Crippen molar-refractivity contribution in [1.29, 1.82) is 0 Å². The molecule has 0 spiro atoms. The Hall–Kier alpha value is -2.05. The molecular formula is C6H7N3O4. The lowest BCUT2D eigenvalue weighted by Crippen LogP contribution is -2.11. The first kappa shape index (κ1) is 9.04. The summed E-state index contributed by atoms with van der Waals surface area (Å²) in [6.07, 6.45) is 0. The standard InChI is InChI=1S/C6H7N3O4/c1-3-4(9(11)12)2-5(13-3)6(7)8-10/h2,10H,1H3,(H2,7,8). The lowest BCUT2D eigenvalue weighted by molar-refractivity contribution is -0.385. The molecule has 0 unspecified atom stereocenters. The highest BCUT2D eigenvalue weighted by atomic mass is 16.6. The molecule has 7 heteroatoms. The maximum atomic E-state index is 10.3. The van der Waals surface area contributed by atoms with Crippen LogP contribution in [0.3, 0.4) is 0 Å². The van der Waals surface area contributed by atoms with E-state index in [4.69, 9.17) is 15.4 Å². The van der Waals surface area contributed by atoms with E-state index in [2.05, 4.69) is 5.16 Å². The van der Waals surface area contributed by atoms with Gasteiger partial charge < -0.3 is 15.4 Å². The molecular weight excluding hydrogens is 178 g/mol. The third-order valence-corrected chi connectivity index (χ3v) is 1.45. The Labute approximate surface area is 72.6 Å². The molecule has 3 N–H and O–H groups in total. The maximum Gasteiger partial charge on any atom is 0.310 e. The molecule has 7 nitrogen and oxygen atoms in total. The summed E-state index contributed by atoms with van der Waals surface area (Å²) in [6.45, 7) is 1.42. The van der Waals surface area contributed by atoms with Gasteiger partial charge in [-0.25, -0.2) is 0 Å². The molecule has 0 radical (unpaired) electrons. The number of hydrogen-bond donors (Lipinski definition) is 2. The van der Waals surface area contributed by atoms with Gasteiger partial charge >= 0.3 is 5.69 Å². The average Bonchev–Trinajstić information content (AvgIpc) is 2.46. The molecule has 0 aromatic carbocycles. The van der Waals surface area contributed by atoms with Crippen LogP contribution in [0.15, 0.2) is 15.6 Å². The highest BCUT2D eigenvalue weighted by Gasteiger charge is 2.19. The Morgan fingerprint density at radius 1 is 1.85 bits per heavy atom. The van der Waals surface area contributed by atoms with E-state index in [1.54, 1.807) is 0 Å². The second-order valence-corrected chi connectivity index (χ2v) is 2.29. The first-order chi connectivity index (χ1) is 6.06. The highest BCUT2D eigenvalue weighted by Crippen LogP contribution is 2.21. The molecule has 13 heavy (non-hydrogen) atoms. The minimum Gasteiger partial charge on any atom is -0.451 e. The summed E-state index contributed by atoms with van der Waals surface area (Å²) in [5.74, 6) is -0.200. The van der Waals surface area contributed by atoms with Gasteiger partial charge in [0.05, 0.1) is 11.0 Å². The van der Waals surface area contributed by atoms with Gasteiger partial charge in [0.15, 0.2) is 11.5 Å². The number of nitrogens with zero attached hydrogens (tertiary/aromatic N) is 2. The van der Waals surface area contributed by atoms with Gasteiger partial charge in [-0.05, 0) is 0 Å². The maximum absolute atomic E-state index is 10.3.